The normalized spacial score (nSPS) is 14.1. The van der Waals surface area contributed by atoms with Crippen LogP contribution < -0.4 is 0 Å². The van der Waals surface area contributed by atoms with Gasteiger partial charge in [-0.3, -0.25) is 0 Å². The number of rotatable bonds is 4. The van der Waals surface area contributed by atoms with Crippen LogP contribution in [0.5, 0.6) is 0 Å². The second-order valence-corrected chi connectivity index (χ2v) is 2.84. The van der Waals surface area contributed by atoms with Gasteiger partial charge in [0, 0.05) is 4.91 Å². The first-order valence-electron chi connectivity index (χ1n) is 4.17. The molecule has 0 radical (unpaired) electrons. The molecule has 0 amide bonds. The first-order valence-corrected chi connectivity index (χ1v) is 4.17. The lowest BCUT2D eigenvalue weighted by atomic mass is 10.1. The maximum Gasteiger partial charge on any atom is 0.105 e. The minimum absolute atomic E-state index is 0.132. The van der Waals surface area contributed by atoms with Crippen LogP contribution in [0.2, 0.25) is 0 Å². The molecule has 1 rings (SSSR count). The Morgan fingerprint density at radius 2 is 1.93 bits per heavy atom. The molecule has 74 valence electrons. The van der Waals surface area contributed by atoms with Crippen LogP contribution in [0.3, 0.4) is 0 Å². The van der Waals surface area contributed by atoms with E-state index in [0.717, 1.165) is 0 Å². The molecule has 0 saturated carbocycles. The van der Waals surface area contributed by atoms with Gasteiger partial charge in [-0.05, 0) is 11.1 Å². The molecule has 0 heterocycles. The fourth-order valence-corrected chi connectivity index (χ4v) is 1.09. The second kappa shape index (κ2) is 5.24. The van der Waals surface area contributed by atoms with Crippen LogP contribution >= 0.6 is 0 Å². The summed E-state index contributed by atoms with van der Waals surface area (Å²) in [5.74, 6) is 0. The number of aliphatic hydroxyl groups excluding tert-OH is 2. The molecule has 0 aromatic heterocycles. The number of hydrogen-bond donors (Lipinski definition) is 2. The summed E-state index contributed by atoms with van der Waals surface area (Å²) in [7, 11) is 0. The van der Waals surface area contributed by atoms with Gasteiger partial charge in [-0.25, -0.2) is 0 Å². The fraction of sp³-hybridized carbons (Fsp3) is 0.333. The first-order chi connectivity index (χ1) is 6.75. The van der Waals surface area contributed by atoms with Gasteiger partial charge >= 0.3 is 0 Å². The molecule has 0 saturated heterocycles. The molecule has 14 heavy (non-hydrogen) atoms. The van der Waals surface area contributed by atoms with Crippen LogP contribution in [0.4, 0.5) is 0 Å². The minimum atomic E-state index is -1.06. The van der Waals surface area contributed by atoms with Crippen molar-refractivity contribution >= 4 is 0 Å². The van der Waals surface area contributed by atoms with Crippen LogP contribution in [0.1, 0.15) is 11.7 Å². The van der Waals surface area contributed by atoms with E-state index < -0.39 is 12.2 Å². The molecule has 5 nitrogen and oxygen atoms in total. The molecule has 5 heteroatoms. The maximum atomic E-state index is 9.58. The largest absolute Gasteiger partial charge is 0.390 e. The topological polar surface area (TPSA) is 89.2 Å². The molecule has 1 aromatic rings. The number of aliphatic hydroxyl groups is 2. The van der Waals surface area contributed by atoms with E-state index in [2.05, 4.69) is 10.0 Å². The molecular formula is C9H11N3O2. The Morgan fingerprint density at radius 1 is 1.29 bits per heavy atom. The van der Waals surface area contributed by atoms with E-state index in [1.165, 1.54) is 0 Å². The highest BCUT2D eigenvalue weighted by atomic mass is 16.3. The molecule has 0 fully saturated rings. The molecule has 2 N–H and O–H groups in total. The zero-order valence-electron chi connectivity index (χ0n) is 7.48. The zero-order chi connectivity index (χ0) is 10.4. The summed E-state index contributed by atoms with van der Waals surface area (Å²) in [6.07, 6.45) is -2.07. The number of hydrogen-bond acceptors (Lipinski definition) is 3. The van der Waals surface area contributed by atoms with E-state index in [0.29, 0.717) is 5.56 Å². The van der Waals surface area contributed by atoms with E-state index in [-0.39, 0.29) is 6.54 Å². The van der Waals surface area contributed by atoms with E-state index in [9.17, 15) is 10.2 Å². The minimum Gasteiger partial charge on any atom is -0.390 e. The Bertz CT molecular complexity index is 322. The summed E-state index contributed by atoms with van der Waals surface area (Å²) in [4.78, 5) is 2.51. The third-order valence-electron chi connectivity index (χ3n) is 1.84. The Labute approximate surface area is 81.2 Å². The van der Waals surface area contributed by atoms with E-state index >= 15 is 0 Å². The molecule has 0 unspecified atom stereocenters. The van der Waals surface area contributed by atoms with Crippen LogP contribution in [0, 0.1) is 0 Å². The molecule has 0 bridgehead atoms. The van der Waals surface area contributed by atoms with Gasteiger partial charge in [0.15, 0.2) is 0 Å². The summed E-state index contributed by atoms with van der Waals surface area (Å²) in [5.41, 5.74) is 8.64. The van der Waals surface area contributed by atoms with Crippen LogP contribution in [0.25, 0.3) is 10.4 Å². The average molecular weight is 193 g/mol. The van der Waals surface area contributed by atoms with E-state index in [1.54, 1.807) is 24.3 Å². The molecule has 2 atom stereocenters. The van der Waals surface area contributed by atoms with Crippen molar-refractivity contribution in [3.05, 3.63) is 46.3 Å². The molecule has 1 aromatic carbocycles. The van der Waals surface area contributed by atoms with Crippen molar-refractivity contribution < 1.29 is 10.2 Å². The van der Waals surface area contributed by atoms with E-state index in [4.69, 9.17) is 5.53 Å². The molecule has 0 aliphatic rings. The summed E-state index contributed by atoms with van der Waals surface area (Å²) >= 11 is 0. The van der Waals surface area contributed by atoms with Crippen molar-refractivity contribution in [3.8, 4) is 0 Å². The standard InChI is InChI=1S/C9H11N3O2/c10-12-11-6-8(13)9(14)7-4-2-1-3-5-7/h1-5,8-9,13-14H,6H2/t8-,9-/m0/s1. The van der Waals surface area contributed by atoms with Crippen LogP contribution in [-0.4, -0.2) is 22.9 Å². The van der Waals surface area contributed by atoms with Crippen molar-refractivity contribution in [2.45, 2.75) is 12.2 Å². The zero-order valence-corrected chi connectivity index (χ0v) is 7.48. The lowest BCUT2D eigenvalue weighted by molar-refractivity contribution is 0.0244. The fourth-order valence-electron chi connectivity index (χ4n) is 1.09. The highest BCUT2D eigenvalue weighted by Crippen LogP contribution is 2.16. The van der Waals surface area contributed by atoms with Gasteiger partial charge in [0.25, 0.3) is 0 Å². The highest BCUT2D eigenvalue weighted by molar-refractivity contribution is 5.18. The third kappa shape index (κ3) is 2.74. The van der Waals surface area contributed by atoms with Gasteiger partial charge in [0.05, 0.1) is 12.6 Å². The summed E-state index contributed by atoms with van der Waals surface area (Å²) < 4.78 is 0. The van der Waals surface area contributed by atoms with Crippen molar-refractivity contribution in [3.63, 3.8) is 0 Å². The number of benzene rings is 1. The van der Waals surface area contributed by atoms with Gasteiger partial charge in [0.1, 0.15) is 6.10 Å². The first kappa shape index (κ1) is 10.5. The second-order valence-electron chi connectivity index (χ2n) is 2.84. The molecule has 0 aliphatic heterocycles. The summed E-state index contributed by atoms with van der Waals surface area (Å²) in [6, 6.07) is 8.74. The Morgan fingerprint density at radius 3 is 2.50 bits per heavy atom. The maximum absolute atomic E-state index is 9.58. The van der Waals surface area contributed by atoms with Crippen LogP contribution in [0.15, 0.2) is 35.4 Å². The van der Waals surface area contributed by atoms with Gasteiger partial charge in [-0.2, -0.15) is 0 Å². The lowest BCUT2D eigenvalue weighted by Gasteiger charge is -2.15. The third-order valence-corrected chi connectivity index (χ3v) is 1.84. The predicted octanol–water partition coefficient (Wildman–Crippen LogP) is 1.39. The number of azide groups is 1. The quantitative estimate of drug-likeness (QED) is 0.430. The smallest absolute Gasteiger partial charge is 0.105 e. The molecule has 0 aliphatic carbocycles. The summed E-state index contributed by atoms with van der Waals surface area (Å²) in [6.45, 7) is -0.132. The average Bonchev–Trinajstić information content (AvgIpc) is 2.26. The van der Waals surface area contributed by atoms with Gasteiger partial charge in [0.2, 0.25) is 0 Å². The van der Waals surface area contributed by atoms with Crippen molar-refractivity contribution in [2.75, 3.05) is 6.54 Å². The van der Waals surface area contributed by atoms with Gasteiger partial charge < -0.3 is 10.2 Å². The molecule has 0 spiro atoms. The van der Waals surface area contributed by atoms with Crippen molar-refractivity contribution in [1.82, 2.24) is 0 Å². The van der Waals surface area contributed by atoms with Crippen LogP contribution in [-0.2, 0) is 0 Å². The van der Waals surface area contributed by atoms with E-state index in [1.807, 2.05) is 6.07 Å². The highest BCUT2D eigenvalue weighted by Gasteiger charge is 2.16. The van der Waals surface area contributed by atoms with Gasteiger partial charge in [-0.1, -0.05) is 35.4 Å². The number of nitrogens with zero attached hydrogens (tertiary/aromatic N) is 3. The van der Waals surface area contributed by atoms with Gasteiger partial charge in [-0.15, -0.1) is 0 Å². The predicted molar refractivity (Wildman–Crippen MR) is 51.4 cm³/mol. The Balaban J connectivity index is 2.65. The molecular weight excluding hydrogens is 182 g/mol. The Hall–Kier alpha value is -1.55. The monoisotopic (exact) mass is 193 g/mol. The lowest BCUT2D eigenvalue weighted by Crippen LogP contribution is -2.20. The Kier molecular flexibility index (Phi) is 3.94. The summed E-state index contributed by atoms with van der Waals surface area (Å²) in [5, 5.41) is 22.2. The van der Waals surface area contributed by atoms with Crippen molar-refractivity contribution in [1.29, 1.82) is 0 Å². The van der Waals surface area contributed by atoms with Crippen molar-refractivity contribution in [2.24, 2.45) is 5.11 Å². The SMILES string of the molecule is [N-]=[N+]=NC[C@H](O)[C@@H](O)c1ccccc1.